The molecule has 1 saturated heterocycles. The van der Waals surface area contributed by atoms with E-state index in [1.807, 2.05) is 0 Å². The lowest BCUT2D eigenvalue weighted by Gasteiger charge is -2.39. The molecule has 3 nitrogen and oxygen atoms in total. The molecule has 0 aromatic heterocycles. The van der Waals surface area contributed by atoms with Gasteiger partial charge < -0.3 is 10.1 Å². The van der Waals surface area contributed by atoms with E-state index < -0.39 is 11.7 Å². The monoisotopic (exact) mass is 283 g/mol. The zero-order valence-electron chi connectivity index (χ0n) is 10.6. The van der Waals surface area contributed by atoms with Crippen molar-refractivity contribution >= 4 is 17.5 Å². The van der Waals surface area contributed by atoms with Gasteiger partial charge in [-0.25, -0.2) is 4.39 Å². The average Bonchev–Trinajstić information content (AvgIpc) is 2.73. The van der Waals surface area contributed by atoms with Crippen LogP contribution >= 0.6 is 11.6 Å². The van der Waals surface area contributed by atoms with Crippen molar-refractivity contribution in [2.24, 2.45) is 5.92 Å². The van der Waals surface area contributed by atoms with Gasteiger partial charge >= 0.3 is 0 Å². The van der Waals surface area contributed by atoms with Crippen LogP contribution < -0.4 is 5.32 Å². The summed E-state index contributed by atoms with van der Waals surface area (Å²) in [5, 5.41) is 3.06. The fourth-order valence-electron chi connectivity index (χ4n) is 2.87. The average molecular weight is 284 g/mol. The van der Waals surface area contributed by atoms with Crippen molar-refractivity contribution in [3.05, 3.63) is 34.1 Å². The summed E-state index contributed by atoms with van der Waals surface area (Å²) >= 11 is 6.02. The first kappa shape index (κ1) is 12.9. The number of carbonyl (C=O) groups is 1. The largest absolute Gasteiger partial charge is 0.378 e. The predicted molar refractivity (Wildman–Crippen MR) is 69.9 cm³/mol. The Morgan fingerprint density at radius 2 is 2.32 bits per heavy atom. The van der Waals surface area contributed by atoms with E-state index in [1.54, 1.807) is 13.0 Å². The SMILES string of the molecule is Cc1ccc(F)c(C(=O)N[C@@H]2C[C@H]3OCC[C@@H]23)c1Cl. The van der Waals surface area contributed by atoms with E-state index in [-0.39, 0.29) is 22.7 Å². The molecule has 1 aliphatic carbocycles. The Balaban J connectivity index is 1.76. The quantitative estimate of drug-likeness (QED) is 0.906. The van der Waals surface area contributed by atoms with Crippen molar-refractivity contribution in [2.45, 2.75) is 31.9 Å². The zero-order valence-corrected chi connectivity index (χ0v) is 11.3. The van der Waals surface area contributed by atoms with E-state index >= 15 is 0 Å². The number of benzene rings is 1. The molecule has 0 spiro atoms. The molecule has 2 aliphatic rings. The number of fused-ring (bicyclic) bond motifs is 1. The van der Waals surface area contributed by atoms with Crippen LogP contribution in [-0.4, -0.2) is 24.7 Å². The summed E-state index contributed by atoms with van der Waals surface area (Å²) in [4.78, 5) is 12.2. The third kappa shape index (κ3) is 2.13. The fourth-order valence-corrected chi connectivity index (χ4v) is 3.11. The van der Waals surface area contributed by atoms with Crippen LogP contribution in [0.5, 0.6) is 0 Å². The molecule has 0 unspecified atom stereocenters. The second-order valence-electron chi connectivity index (χ2n) is 5.23. The molecule has 1 aromatic rings. The molecule has 0 radical (unpaired) electrons. The Morgan fingerprint density at radius 1 is 1.53 bits per heavy atom. The van der Waals surface area contributed by atoms with Crippen LogP contribution in [0.2, 0.25) is 5.02 Å². The van der Waals surface area contributed by atoms with Crippen LogP contribution in [0.1, 0.15) is 28.8 Å². The molecule has 1 aliphatic heterocycles. The van der Waals surface area contributed by atoms with E-state index in [0.717, 1.165) is 19.4 Å². The maximum Gasteiger partial charge on any atom is 0.256 e. The molecule has 3 rings (SSSR count). The highest BCUT2D eigenvalue weighted by Gasteiger charge is 2.46. The van der Waals surface area contributed by atoms with Gasteiger partial charge in [-0.1, -0.05) is 17.7 Å². The summed E-state index contributed by atoms with van der Waals surface area (Å²) in [6, 6.07) is 2.92. The summed E-state index contributed by atoms with van der Waals surface area (Å²) in [6.45, 7) is 2.50. The van der Waals surface area contributed by atoms with E-state index in [9.17, 15) is 9.18 Å². The van der Waals surface area contributed by atoms with Crippen molar-refractivity contribution in [1.82, 2.24) is 5.32 Å². The lowest BCUT2D eigenvalue weighted by Crippen LogP contribution is -2.53. The number of aryl methyl sites for hydroxylation is 1. The number of hydrogen-bond donors (Lipinski definition) is 1. The van der Waals surface area contributed by atoms with Gasteiger partial charge in [0, 0.05) is 18.6 Å². The first-order chi connectivity index (χ1) is 9.08. The highest BCUT2D eigenvalue weighted by atomic mass is 35.5. The lowest BCUT2D eigenvalue weighted by atomic mass is 9.76. The van der Waals surface area contributed by atoms with Crippen LogP contribution in [0.4, 0.5) is 4.39 Å². The maximum absolute atomic E-state index is 13.8. The van der Waals surface area contributed by atoms with Gasteiger partial charge in [-0.2, -0.15) is 0 Å². The first-order valence-electron chi connectivity index (χ1n) is 6.45. The van der Waals surface area contributed by atoms with Gasteiger partial charge in [-0.3, -0.25) is 4.79 Å². The molecule has 1 N–H and O–H groups in total. The molecule has 0 bridgehead atoms. The van der Waals surface area contributed by atoms with Gasteiger partial charge in [0.15, 0.2) is 0 Å². The molecule has 1 aromatic carbocycles. The fraction of sp³-hybridized carbons (Fsp3) is 0.500. The number of nitrogens with one attached hydrogen (secondary N) is 1. The number of rotatable bonds is 2. The number of amides is 1. The second-order valence-corrected chi connectivity index (χ2v) is 5.61. The maximum atomic E-state index is 13.8. The Morgan fingerprint density at radius 3 is 3.05 bits per heavy atom. The van der Waals surface area contributed by atoms with Gasteiger partial charge in [-0.05, 0) is 31.4 Å². The minimum absolute atomic E-state index is 0.0518. The summed E-state index contributed by atoms with van der Waals surface area (Å²) in [5.74, 6) is -0.635. The third-order valence-electron chi connectivity index (χ3n) is 4.09. The standard InChI is InChI=1S/C14H15ClFNO2/c1-7-2-3-9(16)12(13(7)15)14(18)17-10-6-11-8(10)4-5-19-11/h2-3,8,10-11H,4-6H2,1H3,(H,17,18)/t8-,10+,11+/m0/s1. The Labute approximate surface area is 116 Å². The molecule has 5 heteroatoms. The molecular formula is C14H15ClFNO2. The van der Waals surface area contributed by atoms with Gasteiger partial charge in [0.25, 0.3) is 5.91 Å². The summed E-state index contributed by atoms with van der Waals surface area (Å²) < 4.78 is 19.2. The topological polar surface area (TPSA) is 38.3 Å². The minimum Gasteiger partial charge on any atom is -0.378 e. The summed E-state index contributed by atoms with van der Waals surface area (Å²) in [6.07, 6.45) is 2.03. The van der Waals surface area contributed by atoms with E-state index in [2.05, 4.69) is 5.32 Å². The predicted octanol–water partition coefficient (Wildman–Crippen LogP) is 2.69. The van der Waals surface area contributed by atoms with Gasteiger partial charge in [0.2, 0.25) is 0 Å². The molecule has 2 fully saturated rings. The molecule has 1 heterocycles. The second kappa shape index (κ2) is 4.76. The summed E-state index contributed by atoms with van der Waals surface area (Å²) in [7, 11) is 0. The lowest BCUT2D eigenvalue weighted by molar-refractivity contribution is 0.00805. The van der Waals surface area contributed by atoms with Gasteiger partial charge in [0.05, 0.1) is 16.7 Å². The molecular weight excluding hydrogens is 269 g/mol. The molecule has 3 atom stereocenters. The normalized spacial score (nSPS) is 28.7. The van der Waals surface area contributed by atoms with E-state index in [1.165, 1.54) is 6.07 Å². The van der Waals surface area contributed by atoms with E-state index in [4.69, 9.17) is 16.3 Å². The molecule has 1 amide bonds. The minimum atomic E-state index is -0.577. The molecule has 19 heavy (non-hydrogen) atoms. The first-order valence-corrected chi connectivity index (χ1v) is 6.83. The Hall–Kier alpha value is -1.13. The van der Waals surface area contributed by atoms with Crippen molar-refractivity contribution in [1.29, 1.82) is 0 Å². The van der Waals surface area contributed by atoms with Crippen molar-refractivity contribution in [3.8, 4) is 0 Å². The number of halogens is 2. The van der Waals surface area contributed by atoms with Crippen LogP contribution in [0.25, 0.3) is 0 Å². The van der Waals surface area contributed by atoms with Crippen LogP contribution in [0.3, 0.4) is 0 Å². The number of hydrogen-bond acceptors (Lipinski definition) is 2. The van der Waals surface area contributed by atoms with Crippen molar-refractivity contribution < 1.29 is 13.9 Å². The van der Waals surface area contributed by atoms with Gasteiger partial charge in [-0.15, -0.1) is 0 Å². The summed E-state index contributed by atoms with van der Waals surface area (Å²) in [5.41, 5.74) is 0.646. The van der Waals surface area contributed by atoms with Crippen LogP contribution in [0.15, 0.2) is 12.1 Å². The van der Waals surface area contributed by atoms with E-state index in [0.29, 0.717) is 11.5 Å². The van der Waals surface area contributed by atoms with Crippen molar-refractivity contribution in [2.75, 3.05) is 6.61 Å². The smallest absolute Gasteiger partial charge is 0.256 e. The highest BCUT2D eigenvalue weighted by Crippen LogP contribution is 2.38. The number of carbonyl (C=O) groups excluding carboxylic acids is 1. The van der Waals surface area contributed by atoms with Crippen LogP contribution in [-0.2, 0) is 4.74 Å². The van der Waals surface area contributed by atoms with Crippen LogP contribution in [0, 0.1) is 18.7 Å². The molecule has 1 saturated carbocycles. The Kier molecular flexibility index (Phi) is 3.23. The number of ether oxygens (including phenoxy) is 1. The molecule has 102 valence electrons. The highest BCUT2D eigenvalue weighted by molar-refractivity contribution is 6.34. The zero-order chi connectivity index (χ0) is 13.6. The third-order valence-corrected chi connectivity index (χ3v) is 4.58. The van der Waals surface area contributed by atoms with Gasteiger partial charge in [0.1, 0.15) is 5.82 Å². The Bertz CT molecular complexity index is 534. The van der Waals surface area contributed by atoms with Crippen molar-refractivity contribution in [3.63, 3.8) is 0 Å².